The molecule has 1 unspecified atom stereocenters. The van der Waals surface area contributed by atoms with Gasteiger partial charge < -0.3 is 26.7 Å². The monoisotopic (exact) mass is 420 g/mol. The summed E-state index contributed by atoms with van der Waals surface area (Å²) in [6, 6.07) is 15.8. The van der Waals surface area contributed by atoms with E-state index in [0.29, 0.717) is 18.8 Å². The van der Waals surface area contributed by atoms with Crippen LogP contribution in [0.1, 0.15) is 36.3 Å². The number of nitrogens with zero attached hydrogens (tertiary/aromatic N) is 1. The second-order valence-electron chi connectivity index (χ2n) is 8.03. The molecule has 1 fully saturated rings. The average molecular weight is 421 g/mol. The highest BCUT2D eigenvalue weighted by Gasteiger charge is 2.31. The first-order valence-electron chi connectivity index (χ1n) is 10.6. The minimum atomic E-state index is -0.354. The molecule has 2 aromatic carbocycles. The molecule has 1 saturated heterocycles. The molecular formula is C23H28N6O2. The number of rotatable bonds is 7. The van der Waals surface area contributed by atoms with Crippen LogP contribution in [0.2, 0.25) is 0 Å². The van der Waals surface area contributed by atoms with Crippen molar-refractivity contribution in [2.45, 2.75) is 37.9 Å². The molecule has 0 bridgehead atoms. The summed E-state index contributed by atoms with van der Waals surface area (Å²) in [5, 5.41) is 8.97. The van der Waals surface area contributed by atoms with E-state index < -0.39 is 0 Å². The van der Waals surface area contributed by atoms with Gasteiger partial charge in [-0.2, -0.15) is 0 Å². The van der Waals surface area contributed by atoms with Crippen molar-refractivity contribution >= 4 is 22.8 Å². The van der Waals surface area contributed by atoms with Gasteiger partial charge in [-0.3, -0.25) is 9.59 Å². The van der Waals surface area contributed by atoms with E-state index in [0.717, 1.165) is 17.5 Å². The summed E-state index contributed by atoms with van der Waals surface area (Å²) in [6.45, 7) is 2.40. The van der Waals surface area contributed by atoms with Crippen LogP contribution in [0.15, 0.2) is 48.5 Å². The molecule has 0 aliphatic carbocycles. The van der Waals surface area contributed by atoms with Gasteiger partial charge in [-0.25, -0.2) is 4.98 Å². The lowest BCUT2D eigenvalue weighted by molar-refractivity contribution is -0.124. The fourth-order valence-corrected chi connectivity index (χ4v) is 3.94. The highest BCUT2D eigenvalue weighted by Crippen LogP contribution is 2.20. The average Bonchev–Trinajstić information content (AvgIpc) is 3.41. The Hall–Kier alpha value is -3.23. The maximum absolute atomic E-state index is 12.6. The number of carbonyl (C=O) groups is 2. The summed E-state index contributed by atoms with van der Waals surface area (Å²) in [5.41, 5.74) is 9.61. The van der Waals surface area contributed by atoms with Gasteiger partial charge in [0.2, 0.25) is 11.8 Å². The van der Waals surface area contributed by atoms with Crippen molar-refractivity contribution in [3.8, 4) is 0 Å². The first-order chi connectivity index (χ1) is 15.0. The minimum absolute atomic E-state index is 0.0521. The van der Waals surface area contributed by atoms with Gasteiger partial charge in [0.1, 0.15) is 5.82 Å². The van der Waals surface area contributed by atoms with E-state index in [2.05, 4.69) is 50.2 Å². The smallest absolute Gasteiger partial charge is 0.237 e. The van der Waals surface area contributed by atoms with Gasteiger partial charge in [0.25, 0.3) is 0 Å². The maximum atomic E-state index is 12.6. The second-order valence-corrected chi connectivity index (χ2v) is 8.03. The Bertz CT molecular complexity index is 1060. The van der Waals surface area contributed by atoms with Gasteiger partial charge in [-0.15, -0.1) is 0 Å². The van der Waals surface area contributed by atoms with Crippen molar-refractivity contribution in [3.05, 3.63) is 65.5 Å². The first kappa shape index (κ1) is 21.0. The first-order valence-corrected chi connectivity index (χ1v) is 10.6. The van der Waals surface area contributed by atoms with Gasteiger partial charge in [0.15, 0.2) is 0 Å². The summed E-state index contributed by atoms with van der Waals surface area (Å²) in [6.07, 6.45) is 1.39. The summed E-state index contributed by atoms with van der Waals surface area (Å²) < 4.78 is 0. The fraction of sp³-hybridized carbons (Fsp3) is 0.348. The maximum Gasteiger partial charge on any atom is 0.237 e. The zero-order valence-electron chi connectivity index (χ0n) is 17.5. The molecule has 8 nitrogen and oxygen atoms in total. The molecule has 4 rings (SSSR count). The number of hydrogen-bond acceptors (Lipinski definition) is 5. The summed E-state index contributed by atoms with van der Waals surface area (Å²) in [4.78, 5) is 32.1. The van der Waals surface area contributed by atoms with E-state index >= 15 is 0 Å². The molecule has 2 heterocycles. The van der Waals surface area contributed by atoms with Crippen molar-refractivity contribution < 1.29 is 9.59 Å². The molecular weight excluding hydrogens is 392 g/mol. The fourth-order valence-electron chi connectivity index (χ4n) is 3.94. The molecule has 0 saturated carbocycles. The number of hydrogen-bond donors (Lipinski definition) is 5. The van der Waals surface area contributed by atoms with Crippen LogP contribution in [0, 0.1) is 0 Å². The lowest BCUT2D eigenvalue weighted by Gasteiger charge is -2.16. The van der Waals surface area contributed by atoms with Crippen molar-refractivity contribution in [1.82, 2.24) is 25.9 Å². The molecule has 162 valence electrons. The zero-order chi connectivity index (χ0) is 21.8. The van der Waals surface area contributed by atoms with E-state index in [1.165, 1.54) is 11.1 Å². The standard InChI is InChI=1S/C23H28N6O2/c1-14(26-23(31)20-11-17(13-25-20)27-21(30)12-24)22-28-18-8-7-16(10-19(18)29-22)9-15-5-3-2-4-6-15/h2-8,10,14,17,20,25H,9,11-13,24H2,1H3,(H,26,31)(H,27,30)(H,28,29)/t14?,17-,20+/m1/s1. The van der Waals surface area contributed by atoms with E-state index in [9.17, 15) is 9.59 Å². The third kappa shape index (κ3) is 5.10. The molecule has 3 atom stereocenters. The Morgan fingerprint density at radius 1 is 1.19 bits per heavy atom. The number of nitrogens with one attached hydrogen (secondary N) is 4. The Morgan fingerprint density at radius 3 is 2.77 bits per heavy atom. The van der Waals surface area contributed by atoms with Crippen molar-refractivity contribution in [3.63, 3.8) is 0 Å². The second kappa shape index (κ2) is 9.28. The molecule has 1 aliphatic heterocycles. The van der Waals surface area contributed by atoms with E-state index in [1.807, 2.05) is 31.2 Å². The molecule has 1 aliphatic rings. The van der Waals surface area contributed by atoms with Gasteiger partial charge in [-0.1, -0.05) is 36.4 Å². The van der Waals surface area contributed by atoms with Crippen LogP contribution in [-0.4, -0.2) is 47.0 Å². The van der Waals surface area contributed by atoms with Crippen LogP contribution >= 0.6 is 0 Å². The molecule has 31 heavy (non-hydrogen) atoms. The lowest BCUT2D eigenvalue weighted by atomic mass is 10.0. The number of benzene rings is 2. The molecule has 0 spiro atoms. The van der Waals surface area contributed by atoms with E-state index in [4.69, 9.17) is 5.73 Å². The van der Waals surface area contributed by atoms with E-state index in [-0.39, 0.29) is 36.5 Å². The summed E-state index contributed by atoms with van der Waals surface area (Å²) in [7, 11) is 0. The molecule has 2 amide bonds. The number of H-pyrrole nitrogens is 1. The normalized spacial score (nSPS) is 19.3. The Balaban J connectivity index is 1.38. The zero-order valence-corrected chi connectivity index (χ0v) is 17.5. The highest BCUT2D eigenvalue weighted by molar-refractivity contribution is 5.83. The van der Waals surface area contributed by atoms with Crippen molar-refractivity contribution in [2.24, 2.45) is 5.73 Å². The van der Waals surface area contributed by atoms with Crippen LogP contribution in [0.4, 0.5) is 0 Å². The third-order valence-electron chi connectivity index (χ3n) is 5.58. The van der Waals surface area contributed by atoms with Crippen LogP contribution in [-0.2, 0) is 16.0 Å². The topological polar surface area (TPSA) is 125 Å². The van der Waals surface area contributed by atoms with Gasteiger partial charge in [-0.05, 0) is 43.0 Å². The SMILES string of the molecule is CC(NC(=O)[C@@H]1C[C@@H](NC(=O)CN)CN1)c1nc2ccc(Cc3ccccc3)cc2[nH]1. The Kier molecular flexibility index (Phi) is 6.29. The third-order valence-corrected chi connectivity index (χ3v) is 5.58. The lowest BCUT2D eigenvalue weighted by Crippen LogP contribution is -2.41. The van der Waals surface area contributed by atoms with E-state index in [1.54, 1.807) is 0 Å². The Morgan fingerprint density at radius 2 is 2.00 bits per heavy atom. The number of carbonyl (C=O) groups excluding carboxylic acids is 2. The Labute approximate surface area is 181 Å². The molecule has 1 aromatic heterocycles. The van der Waals surface area contributed by atoms with Gasteiger partial charge in [0, 0.05) is 12.6 Å². The van der Waals surface area contributed by atoms with Crippen molar-refractivity contribution in [2.75, 3.05) is 13.1 Å². The number of fused-ring (bicyclic) bond motifs is 1. The predicted octanol–water partition coefficient (Wildman–Crippen LogP) is 1.14. The molecule has 3 aromatic rings. The van der Waals surface area contributed by atoms with Crippen LogP contribution in [0.5, 0.6) is 0 Å². The van der Waals surface area contributed by atoms with Gasteiger partial charge >= 0.3 is 0 Å². The number of nitrogens with two attached hydrogens (primary N) is 1. The number of aromatic amines is 1. The number of imidazole rings is 1. The minimum Gasteiger partial charge on any atom is -0.351 e. The van der Waals surface area contributed by atoms with Crippen LogP contribution < -0.4 is 21.7 Å². The molecule has 6 N–H and O–H groups in total. The molecule has 8 heteroatoms. The van der Waals surface area contributed by atoms with Crippen LogP contribution in [0.3, 0.4) is 0 Å². The molecule has 0 radical (unpaired) electrons. The highest BCUT2D eigenvalue weighted by atomic mass is 16.2. The van der Waals surface area contributed by atoms with Crippen LogP contribution in [0.25, 0.3) is 11.0 Å². The predicted molar refractivity (Wildman–Crippen MR) is 119 cm³/mol. The van der Waals surface area contributed by atoms with Crippen molar-refractivity contribution in [1.29, 1.82) is 0 Å². The van der Waals surface area contributed by atoms with Gasteiger partial charge in [0.05, 0.1) is 29.7 Å². The summed E-state index contributed by atoms with van der Waals surface area (Å²) >= 11 is 0. The largest absolute Gasteiger partial charge is 0.351 e. The number of aromatic nitrogens is 2. The summed E-state index contributed by atoms with van der Waals surface area (Å²) in [5.74, 6) is 0.392. The quantitative estimate of drug-likeness (QED) is 0.392. The number of amides is 2.